The Bertz CT molecular complexity index is 939. The highest BCUT2D eigenvalue weighted by molar-refractivity contribution is 6.02. The molecule has 0 saturated carbocycles. The van der Waals surface area contributed by atoms with Gasteiger partial charge in [0, 0.05) is 11.6 Å². The Labute approximate surface area is 142 Å². The minimum absolute atomic E-state index is 0.0604. The van der Waals surface area contributed by atoms with Crippen molar-refractivity contribution in [2.45, 2.75) is 13.0 Å². The molecule has 1 N–H and O–H groups in total. The normalized spacial score (nSPS) is 11.7. The van der Waals surface area contributed by atoms with Gasteiger partial charge in [-0.3, -0.25) is 9.78 Å². The van der Waals surface area contributed by atoms with Crippen molar-refractivity contribution in [2.24, 2.45) is 0 Å². The number of nitrogens with zero attached hydrogens (tertiary/aromatic N) is 3. The fraction of sp³-hybridized carbons (Fsp3) is 0.118. The predicted molar refractivity (Wildman–Crippen MR) is 91.4 cm³/mol. The summed E-state index contributed by atoms with van der Waals surface area (Å²) in [6.45, 7) is 1.51. The van der Waals surface area contributed by atoms with Crippen LogP contribution < -0.4 is 10.1 Å². The lowest BCUT2D eigenvalue weighted by molar-refractivity contribution is -0.390. The van der Waals surface area contributed by atoms with Crippen molar-refractivity contribution < 1.29 is 14.5 Å². The van der Waals surface area contributed by atoms with Crippen LogP contribution in [0.1, 0.15) is 6.92 Å². The molecule has 25 heavy (non-hydrogen) atoms. The van der Waals surface area contributed by atoms with Crippen molar-refractivity contribution in [2.75, 3.05) is 5.32 Å². The molecule has 0 saturated heterocycles. The zero-order valence-corrected chi connectivity index (χ0v) is 13.2. The van der Waals surface area contributed by atoms with Gasteiger partial charge < -0.3 is 20.2 Å². The number of benzene rings is 1. The number of aromatic nitrogens is 2. The van der Waals surface area contributed by atoms with Gasteiger partial charge in [0.15, 0.2) is 6.10 Å². The first-order valence-electron chi connectivity index (χ1n) is 7.47. The van der Waals surface area contributed by atoms with E-state index >= 15 is 0 Å². The van der Waals surface area contributed by atoms with Crippen molar-refractivity contribution in [1.29, 1.82) is 0 Å². The van der Waals surface area contributed by atoms with Crippen molar-refractivity contribution in [3.63, 3.8) is 0 Å². The van der Waals surface area contributed by atoms with Crippen LogP contribution in [-0.4, -0.2) is 26.9 Å². The fourth-order valence-corrected chi connectivity index (χ4v) is 2.30. The van der Waals surface area contributed by atoms with Crippen LogP contribution in [0.2, 0.25) is 0 Å². The maximum atomic E-state index is 12.4. The van der Waals surface area contributed by atoms with E-state index in [0.29, 0.717) is 5.69 Å². The Kier molecular flexibility index (Phi) is 4.51. The number of nitrogens with one attached hydrogen (secondary N) is 1. The average Bonchev–Trinajstić information content (AvgIpc) is 2.62. The number of fused-ring (bicyclic) bond motifs is 1. The average molecular weight is 338 g/mol. The molecule has 0 spiro atoms. The summed E-state index contributed by atoms with van der Waals surface area (Å²) in [6.07, 6.45) is 2.01. The summed E-state index contributed by atoms with van der Waals surface area (Å²) in [4.78, 5) is 30.6. The van der Waals surface area contributed by atoms with Gasteiger partial charge in [-0.1, -0.05) is 6.07 Å². The number of amides is 1. The minimum Gasteiger partial charge on any atom is -0.473 e. The Hall–Kier alpha value is -3.55. The molecule has 8 nitrogen and oxygen atoms in total. The summed E-state index contributed by atoms with van der Waals surface area (Å²) in [7, 11) is 0. The third-order valence-electron chi connectivity index (χ3n) is 3.50. The Balaban J connectivity index is 1.78. The number of ether oxygens (including phenoxy) is 1. The van der Waals surface area contributed by atoms with Gasteiger partial charge in [-0.05, 0) is 53.2 Å². The SMILES string of the molecule is CC(Oc1cccnc1[N+](=O)[O-])C(=O)Nc1cccc2ncccc12. The van der Waals surface area contributed by atoms with Crippen LogP contribution >= 0.6 is 0 Å². The van der Waals surface area contributed by atoms with Gasteiger partial charge in [0.2, 0.25) is 5.75 Å². The summed E-state index contributed by atoms with van der Waals surface area (Å²) in [6, 6.07) is 11.9. The van der Waals surface area contributed by atoms with E-state index in [0.717, 1.165) is 10.9 Å². The molecular weight excluding hydrogens is 324 g/mol. The highest BCUT2D eigenvalue weighted by Crippen LogP contribution is 2.25. The van der Waals surface area contributed by atoms with Crippen molar-refractivity contribution in [1.82, 2.24) is 9.97 Å². The van der Waals surface area contributed by atoms with Gasteiger partial charge in [-0.2, -0.15) is 0 Å². The molecule has 1 aromatic carbocycles. The van der Waals surface area contributed by atoms with Crippen LogP contribution in [0.3, 0.4) is 0 Å². The maximum absolute atomic E-state index is 12.4. The lowest BCUT2D eigenvalue weighted by Crippen LogP contribution is -2.30. The number of carbonyl (C=O) groups is 1. The number of carbonyl (C=O) groups excluding carboxylic acids is 1. The number of pyridine rings is 2. The molecule has 1 unspecified atom stereocenters. The first-order valence-corrected chi connectivity index (χ1v) is 7.47. The van der Waals surface area contributed by atoms with Crippen LogP contribution in [0.5, 0.6) is 5.75 Å². The van der Waals surface area contributed by atoms with E-state index in [9.17, 15) is 14.9 Å². The Morgan fingerprint density at radius 1 is 1.16 bits per heavy atom. The summed E-state index contributed by atoms with van der Waals surface area (Å²) < 4.78 is 5.42. The van der Waals surface area contributed by atoms with Gasteiger partial charge in [0.25, 0.3) is 5.91 Å². The molecule has 0 bridgehead atoms. The highest BCUT2D eigenvalue weighted by atomic mass is 16.6. The van der Waals surface area contributed by atoms with E-state index in [1.54, 1.807) is 24.4 Å². The Morgan fingerprint density at radius 2 is 1.92 bits per heavy atom. The van der Waals surface area contributed by atoms with Crippen LogP contribution in [0.25, 0.3) is 10.9 Å². The van der Waals surface area contributed by atoms with E-state index in [1.165, 1.54) is 25.3 Å². The second kappa shape index (κ2) is 6.91. The molecule has 0 aliphatic heterocycles. The van der Waals surface area contributed by atoms with Crippen molar-refractivity contribution in [3.8, 4) is 5.75 Å². The predicted octanol–water partition coefficient (Wildman–Crippen LogP) is 2.94. The van der Waals surface area contributed by atoms with Crippen LogP contribution in [-0.2, 0) is 4.79 Å². The number of nitro groups is 1. The van der Waals surface area contributed by atoms with Crippen LogP contribution in [0, 0.1) is 10.1 Å². The maximum Gasteiger partial charge on any atom is 0.406 e. The molecular formula is C17H14N4O4. The molecule has 0 aliphatic rings. The number of hydrogen-bond donors (Lipinski definition) is 1. The van der Waals surface area contributed by atoms with Crippen LogP contribution in [0.15, 0.2) is 54.9 Å². The summed E-state index contributed by atoms with van der Waals surface area (Å²) >= 11 is 0. The molecule has 126 valence electrons. The Morgan fingerprint density at radius 3 is 2.72 bits per heavy atom. The molecule has 2 heterocycles. The fourth-order valence-electron chi connectivity index (χ4n) is 2.30. The van der Waals surface area contributed by atoms with E-state index in [-0.39, 0.29) is 5.75 Å². The quantitative estimate of drug-likeness (QED) is 0.566. The van der Waals surface area contributed by atoms with Gasteiger partial charge in [0.05, 0.1) is 11.2 Å². The van der Waals surface area contributed by atoms with E-state index in [2.05, 4.69) is 15.3 Å². The van der Waals surface area contributed by atoms with E-state index < -0.39 is 22.8 Å². The summed E-state index contributed by atoms with van der Waals surface area (Å²) in [5.41, 5.74) is 1.34. The molecule has 1 amide bonds. The van der Waals surface area contributed by atoms with Crippen molar-refractivity contribution >= 4 is 28.3 Å². The summed E-state index contributed by atoms with van der Waals surface area (Å²) in [5, 5.41) is 14.5. The zero-order valence-electron chi connectivity index (χ0n) is 13.2. The third kappa shape index (κ3) is 3.52. The largest absolute Gasteiger partial charge is 0.473 e. The zero-order chi connectivity index (χ0) is 17.8. The molecule has 0 aliphatic carbocycles. The third-order valence-corrected chi connectivity index (χ3v) is 3.50. The van der Waals surface area contributed by atoms with Gasteiger partial charge in [-0.15, -0.1) is 0 Å². The van der Waals surface area contributed by atoms with Gasteiger partial charge in [-0.25, -0.2) is 0 Å². The molecule has 2 aromatic heterocycles. The molecule has 0 radical (unpaired) electrons. The van der Waals surface area contributed by atoms with Gasteiger partial charge in [0.1, 0.15) is 6.20 Å². The highest BCUT2D eigenvalue weighted by Gasteiger charge is 2.22. The second-order valence-corrected chi connectivity index (χ2v) is 5.21. The lowest BCUT2D eigenvalue weighted by atomic mass is 10.2. The molecule has 3 aromatic rings. The molecule has 8 heteroatoms. The first kappa shape index (κ1) is 16.3. The number of anilines is 1. The minimum atomic E-state index is -0.949. The standard InChI is InChI=1S/C17H14N4O4/c1-11(25-15-8-4-10-19-16(15)21(23)24)17(22)20-14-7-2-6-13-12(14)5-3-9-18-13/h2-11H,1H3,(H,20,22). The smallest absolute Gasteiger partial charge is 0.406 e. The van der Waals surface area contributed by atoms with E-state index in [1.807, 2.05) is 12.1 Å². The van der Waals surface area contributed by atoms with Crippen molar-refractivity contribution in [3.05, 3.63) is 65.0 Å². The second-order valence-electron chi connectivity index (χ2n) is 5.21. The van der Waals surface area contributed by atoms with Gasteiger partial charge >= 0.3 is 5.82 Å². The molecule has 3 rings (SSSR count). The lowest BCUT2D eigenvalue weighted by Gasteiger charge is -2.15. The monoisotopic (exact) mass is 338 g/mol. The molecule has 1 atom stereocenters. The molecule has 0 fully saturated rings. The van der Waals surface area contributed by atoms with Crippen LogP contribution in [0.4, 0.5) is 11.5 Å². The number of rotatable bonds is 5. The first-order chi connectivity index (χ1) is 12.1. The number of hydrogen-bond acceptors (Lipinski definition) is 6. The topological polar surface area (TPSA) is 107 Å². The van der Waals surface area contributed by atoms with E-state index in [4.69, 9.17) is 4.74 Å². The summed E-state index contributed by atoms with van der Waals surface area (Å²) in [5.74, 6) is -0.930.